The fourth-order valence-corrected chi connectivity index (χ4v) is 2.26. The van der Waals surface area contributed by atoms with Crippen LogP contribution >= 0.6 is 11.6 Å². The molecule has 1 unspecified atom stereocenters. The van der Waals surface area contributed by atoms with Crippen LogP contribution in [-0.4, -0.2) is 30.5 Å². The van der Waals surface area contributed by atoms with Gasteiger partial charge in [-0.15, -0.1) is 0 Å². The molecule has 1 aromatic carbocycles. The molecule has 1 aromatic rings. The highest BCUT2D eigenvalue weighted by Crippen LogP contribution is 2.19. The summed E-state index contributed by atoms with van der Waals surface area (Å²) in [6.07, 6.45) is 0.696. The van der Waals surface area contributed by atoms with Crippen LogP contribution in [0.3, 0.4) is 0 Å². The largest absolute Gasteiger partial charge is 0.386 e. The molecule has 0 bridgehead atoms. The van der Waals surface area contributed by atoms with Crippen LogP contribution in [0.5, 0.6) is 0 Å². The zero-order chi connectivity index (χ0) is 12.3. The van der Waals surface area contributed by atoms with Crippen LogP contribution in [-0.2, 0) is 11.3 Å². The predicted molar refractivity (Wildman–Crippen MR) is 68.3 cm³/mol. The van der Waals surface area contributed by atoms with Gasteiger partial charge in [-0.2, -0.15) is 0 Å². The van der Waals surface area contributed by atoms with Gasteiger partial charge < -0.3 is 15.2 Å². The maximum Gasteiger partial charge on any atom is 0.102 e. The number of halogens is 1. The third-order valence-electron chi connectivity index (χ3n) is 3.06. The van der Waals surface area contributed by atoms with Crippen molar-refractivity contribution in [1.82, 2.24) is 5.32 Å². The molecule has 1 fully saturated rings. The lowest BCUT2D eigenvalue weighted by molar-refractivity contribution is 0.0268. The second-order valence-corrected chi connectivity index (χ2v) is 5.13. The summed E-state index contributed by atoms with van der Waals surface area (Å²) in [5.74, 6) is 0. The van der Waals surface area contributed by atoms with E-state index in [0.29, 0.717) is 32.7 Å². The Hall–Kier alpha value is -0.610. The smallest absolute Gasteiger partial charge is 0.102 e. The summed E-state index contributed by atoms with van der Waals surface area (Å²) in [6, 6.07) is 6.00. The van der Waals surface area contributed by atoms with Crippen molar-refractivity contribution < 1.29 is 9.84 Å². The van der Waals surface area contributed by atoms with Crippen molar-refractivity contribution in [3.8, 4) is 0 Å². The van der Waals surface area contributed by atoms with E-state index in [2.05, 4.69) is 5.32 Å². The summed E-state index contributed by atoms with van der Waals surface area (Å²) in [5, 5.41) is 14.1. The molecule has 0 amide bonds. The molecule has 1 atom stereocenters. The van der Waals surface area contributed by atoms with E-state index in [4.69, 9.17) is 16.3 Å². The van der Waals surface area contributed by atoms with Crippen molar-refractivity contribution in [3.63, 3.8) is 0 Å². The molecule has 0 radical (unpaired) electrons. The average molecular weight is 256 g/mol. The Morgan fingerprint density at radius 3 is 3.00 bits per heavy atom. The third-order valence-corrected chi connectivity index (χ3v) is 3.41. The Labute approximate surface area is 107 Å². The second kappa shape index (κ2) is 5.36. The first-order valence-electron chi connectivity index (χ1n) is 5.85. The minimum Gasteiger partial charge on any atom is -0.386 e. The Morgan fingerprint density at radius 2 is 2.35 bits per heavy atom. The topological polar surface area (TPSA) is 41.5 Å². The van der Waals surface area contributed by atoms with E-state index in [-0.39, 0.29) is 0 Å². The van der Waals surface area contributed by atoms with Gasteiger partial charge in [-0.1, -0.05) is 23.7 Å². The molecule has 1 heterocycles. The van der Waals surface area contributed by atoms with Gasteiger partial charge in [0.2, 0.25) is 0 Å². The molecule has 2 rings (SSSR count). The van der Waals surface area contributed by atoms with E-state index in [1.54, 1.807) is 0 Å². The number of aliphatic hydroxyl groups is 1. The maximum atomic E-state index is 10.1. The molecule has 17 heavy (non-hydrogen) atoms. The van der Waals surface area contributed by atoms with Crippen LogP contribution in [0.1, 0.15) is 17.5 Å². The van der Waals surface area contributed by atoms with Gasteiger partial charge in [0.15, 0.2) is 0 Å². The molecule has 1 saturated heterocycles. The van der Waals surface area contributed by atoms with Gasteiger partial charge >= 0.3 is 0 Å². The first-order valence-corrected chi connectivity index (χ1v) is 6.23. The molecular formula is C13H18ClNO2. The van der Waals surface area contributed by atoms with Crippen molar-refractivity contribution in [2.24, 2.45) is 0 Å². The van der Waals surface area contributed by atoms with Gasteiger partial charge in [-0.25, -0.2) is 0 Å². The van der Waals surface area contributed by atoms with E-state index in [9.17, 15) is 5.11 Å². The number of aryl methyl sites for hydroxylation is 1. The molecule has 2 N–H and O–H groups in total. The SMILES string of the molecule is Cc1ccc(CNCC2(O)CCOC2)c(Cl)c1. The molecule has 0 spiro atoms. The lowest BCUT2D eigenvalue weighted by atomic mass is 10.0. The Kier molecular flexibility index (Phi) is 4.05. The zero-order valence-electron chi connectivity index (χ0n) is 10.0. The van der Waals surface area contributed by atoms with E-state index >= 15 is 0 Å². The van der Waals surface area contributed by atoms with Crippen molar-refractivity contribution in [2.75, 3.05) is 19.8 Å². The Balaban J connectivity index is 1.85. The summed E-state index contributed by atoms with van der Waals surface area (Å²) < 4.78 is 5.19. The number of benzene rings is 1. The summed E-state index contributed by atoms with van der Waals surface area (Å²) in [7, 11) is 0. The standard InChI is InChI=1S/C13H18ClNO2/c1-10-2-3-11(12(14)6-10)7-15-8-13(16)4-5-17-9-13/h2-3,6,15-16H,4-5,7-9H2,1H3. The minimum atomic E-state index is -0.711. The van der Waals surface area contributed by atoms with Gasteiger partial charge in [0.05, 0.1) is 6.61 Å². The number of nitrogens with one attached hydrogen (secondary N) is 1. The van der Waals surface area contributed by atoms with E-state index in [1.807, 2.05) is 25.1 Å². The zero-order valence-corrected chi connectivity index (χ0v) is 10.8. The average Bonchev–Trinajstić information content (AvgIpc) is 2.69. The lowest BCUT2D eigenvalue weighted by Crippen LogP contribution is -2.40. The van der Waals surface area contributed by atoms with Gasteiger partial charge in [-0.3, -0.25) is 0 Å². The normalized spacial score (nSPS) is 24.2. The highest BCUT2D eigenvalue weighted by molar-refractivity contribution is 6.31. The van der Waals surface area contributed by atoms with Crippen LogP contribution < -0.4 is 5.32 Å². The second-order valence-electron chi connectivity index (χ2n) is 4.73. The molecule has 0 aliphatic carbocycles. The van der Waals surface area contributed by atoms with E-state index in [1.165, 1.54) is 0 Å². The molecule has 0 saturated carbocycles. The molecule has 1 aliphatic heterocycles. The fraction of sp³-hybridized carbons (Fsp3) is 0.538. The monoisotopic (exact) mass is 255 g/mol. The quantitative estimate of drug-likeness (QED) is 0.863. The Morgan fingerprint density at radius 1 is 1.53 bits per heavy atom. The van der Waals surface area contributed by atoms with Crippen molar-refractivity contribution >= 4 is 11.6 Å². The first-order chi connectivity index (χ1) is 8.09. The molecular weight excluding hydrogens is 238 g/mol. The van der Waals surface area contributed by atoms with Crippen LogP contribution in [0.2, 0.25) is 5.02 Å². The fourth-order valence-electron chi connectivity index (χ4n) is 1.96. The number of hydrogen-bond acceptors (Lipinski definition) is 3. The first kappa shape index (κ1) is 12.8. The number of ether oxygens (including phenoxy) is 1. The highest BCUT2D eigenvalue weighted by Gasteiger charge is 2.31. The van der Waals surface area contributed by atoms with Crippen molar-refractivity contribution in [1.29, 1.82) is 0 Å². The summed E-state index contributed by atoms with van der Waals surface area (Å²) in [5.41, 5.74) is 1.50. The minimum absolute atomic E-state index is 0.418. The van der Waals surface area contributed by atoms with E-state index in [0.717, 1.165) is 16.1 Å². The van der Waals surface area contributed by atoms with Gasteiger partial charge in [0.25, 0.3) is 0 Å². The summed E-state index contributed by atoms with van der Waals surface area (Å²) in [6.45, 7) is 4.28. The predicted octanol–water partition coefficient (Wildman–Crippen LogP) is 1.89. The van der Waals surface area contributed by atoms with Crippen LogP contribution in [0.4, 0.5) is 0 Å². The van der Waals surface area contributed by atoms with Crippen LogP contribution in [0.15, 0.2) is 18.2 Å². The van der Waals surface area contributed by atoms with E-state index < -0.39 is 5.60 Å². The molecule has 0 aromatic heterocycles. The Bertz CT molecular complexity index is 389. The number of hydrogen-bond donors (Lipinski definition) is 2. The summed E-state index contributed by atoms with van der Waals surface area (Å²) >= 11 is 6.13. The van der Waals surface area contributed by atoms with Crippen LogP contribution in [0.25, 0.3) is 0 Å². The maximum absolute atomic E-state index is 10.1. The van der Waals surface area contributed by atoms with Gasteiger partial charge in [0.1, 0.15) is 5.60 Å². The molecule has 4 heteroatoms. The number of rotatable bonds is 4. The highest BCUT2D eigenvalue weighted by atomic mass is 35.5. The summed E-state index contributed by atoms with van der Waals surface area (Å²) in [4.78, 5) is 0. The molecule has 3 nitrogen and oxygen atoms in total. The van der Waals surface area contributed by atoms with Crippen LogP contribution in [0, 0.1) is 6.92 Å². The third kappa shape index (κ3) is 3.42. The van der Waals surface area contributed by atoms with Crippen molar-refractivity contribution in [2.45, 2.75) is 25.5 Å². The van der Waals surface area contributed by atoms with Gasteiger partial charge in [0, 0.05) is 31.1 Å². The lowest BCUT2D eigenvalue weighted by Gasteiger charge is -2.20. The molecule has 94 valence electrons. The van der Waals surface area contributed by atoms with Gasteiger partial charge in [-0.05, 0) is 24.1 Å². The van der Waals surface area contributed by atoms with Crippen molar-refractivity contribution in [3.05, 3.63) is 34.3 Å². The molecule has 1 aliphatic rings.